The van der Waals surface area contributed by atoms with Crippen LogP contribution in [0.5, 0.6) is 5.75 Å². The highest BCUT2D eigenvalue weighted by Crippen LogP contribution is 2.24. The van der Waals surface area contributed by atoms with Crippen LogP contribution < -0.4 is 15.8 Å². The number of ether oxygens (including phenoxy) is 1. The lowest BCUT2D eigenvalue weighted by Crippen LogP contribution is -2.06. The Morgan fingerprint density at radius 3 is 2.86 bits per heavy atom. The first-order valence-electron chi connectivity index (χ1n) is 6.84. The molecule has 112 valence electrons. The Bertz CT molecular complexity index is 619. The molecule has 0 atom stereocenters. The molecule has 1 heterocycles. The number of halogens is 1. The lowest BCUT2D eigenvalue weighted by Gasteiger charge is -2.12. The second-order valence-electron chi connectivity index (χ2n) is 4.71. The molecule has 3 N–H and O–H groups in total. The number of aromatic nitrogens is 2. The summed E-state index contributed by atoms with van der Waals surface area (Å²) in [6.45, 7) is 5.47. The fourth-order valence-corrected chi connectivity index (χ4v) is 2.03. The molecule has 2 rings (SSSR count). The highest BCUT2D eigenvalue weighted by Gasteiger charge is 2.07. The lowest BCUT2D eigenvalue weighted by atomic mass is 10.1. The van der Waals surface area contributed by atoms with Crippen molar-refractivity contribution in [3.8, 4) is 5.75 Å². The van der Waals surface area contributed by atoms with Crippen molar-refractivity contribution in [2.45, 2.75) is 26.8 Å². The summed E-state index contributed by atoms with van der Waals surface area (Å²) in [4.78, 5) is 7.91. The zero-order valence-electron chi connectivity index (χ0n) is 12.2. The summed E-state index contributed by atoms with van der Waals surface area (Å²) in [5, 5.41) is 3.52. The number of rotatable bonds is 6. The third-order valence-electron chi connectivity index (χ3n) is 3.05. The van der Waals surface area contributed by atoms with Gasteiger partial charge in [0.05, 0.1) is 6.61 Å². The number of nitrogen functional groups attached to an aromatic ring is 1. The third kappa shape index (κ3) is 3.98. The number of aryl methyl sites for hydroxylation is 1. The molecule has 0 saturated carbocycles. The van der Waals surface area contributed by atoms with E-state index >= 15 is 0 Å². The smallest absolute Gasteiger partial charge is 0.150 e. The van der Waals surface area contributed by atoms with E-state index in [0.29, 0.717) is 17.4 Å². The SMILES string of the molecule is CCCOc1ccc(CNc2ncnc(N)c2Cl)c(C)c1. The van der Waals surface area contributed by atoms with E-state index in [2.05, 4.69) is 22.2 Å². The first-order chi connectivity index (χ1) is 10.1. The molecule has 5 nitrogen and oxygen atoms in total. The Balaban J connectivity index is 2.04. The van der Waals surface area contributed by atoms with Crippen molar-refractivity contribution >= 4 is 23.2 Å². The van der Waals surface area contributed by atoms with Gasteiger partial charge in [-0.3, -0.25) is 0 Å². The number of benzene rings is 1. The maximum atomic E-state index is 6.05. The average molecular weight is 307 g/mol. The molecule has 0 spiro atoms. The molecule has 0 unspecified atom stereocenters. The Hall–Kier alpha value is -2.01. The monoisotopic (exact) mass is 306 g/mol. The van der Waals surface area contributed by atoms with Gasteiger partial charge in [0.2, 0.25) is 0 Å². The summed E-state index contributed by atoms with van der Waals surface area (Å²) < 4.78 is 5.61. The molecular formula is C15H19ClN4O. The number of anilines is 2. The van der Waals surface area contributed by atoms with Gasteiger partial charge in [0.15, 0.2) is 5.82 Å². The summed E-state index contributed by atoms with van der Waals surface area (Å²) >= 11 is 6.05. The average Bonchev–Trinajstić information content (AvgIpc) is 2.48. The minimum Gasteiger partial charge on any atom is -0.494 e. The molecule has 0 radical (unpaired) electrons. The highest BCUT2D eigenvalue weighted by atomic mass is 35.5. The molecular weight excluding hydrogens is 288 g/mol. The maximum absolute atomic E-state index is 6.05. The van der Waals surface area contributed by atoms with Crippen molar-refractivity contribution in [1.29, 1.82) is 0 Å². The largest absolute Gasteiger partial charge is 0.494 e. The van der Waals surface area contributed by atoms with Gasteiger partial charge in [-0.1, -0.05) is 24.6 Å². The van der Waals surface area contributed by atoms with Gasteiger partial charge in [0, 0.05) is 6.54 Å². The summed E-state index contributed by atoms with van der Waals surface area (Å²) in [6, 6.07) is 6.03. The molecule has 0 aliphatic heterocycles. The molecule has 0 fully saturated rings. The molecule has 1 aromatic carbocycles. The molecule has 0 saturated heterocycles. The normalized spacial score (nSPS) is 10.4. The molecule has 2 aromatic rings. The standard InChI is InChI=1S/C15H19ClN4O/c1-3-6-21-12-5-4-11(10(2)7-12)8-18-15-13(16)14(17)19-9-20-15/h4-5,7,9H,3,6,8H2,1-2H3,(H3,17,18,19,20). The fourth-order valence-electron chi connectivity index (χ4n) is 1.86. The van der Waals surface area contributed by atoms with Gasteiger partial charge in [-0.15, -0.1) is 0 Å². The molecule has 0 amide bonds. The Morgan fingerprint density at radius 2 is 2.14 bits per heavy atom. The maximum Gasteiger partial charge on any atom is 0.150 e. The van der Waals surface area contributed by atoms with Crippen molar-refractivity contribution < 1.29 is 4.74 Å². The molecule has 6 heteroatoms. The zero-order chi connectivity index (χ0) is 15.2. The molecule has 0 bridgehead atoms. The minimum absolute atomic E-state index is 0.272. The predicted molar refractivity (Wildman–Crippen MR) is 85.7 cm³/mol. The van der Waals surface area contributed by atoms with Crippen molar-refractivity contribution in [1.82, 2.24) is 9.97 Å². The van der Waals surface area contributed by atoms with Crippen LogP contribution in [-0.4, -0.2) is 16.6 Å². The van der Waals surface area contributed by atoms with Crippen LogP contribution in [0, 0.1) is 6.92 Å². The number of hydrogen-bond donors (Lipinski definition) is 2. The topological polar surface area (TPSA) is 73.1 Å². The lowest BCUT2D eigenvalue weighted by molar-refractivity contribution is 0.317. The Labute approximate surface area is 129 Å². The van der Waals surface area contributed by atoms with Crippen LogP contribution in [0.25, 0.3) is 0 Å². The van der Waals surface area contributed by atoms with Crippen molar-refractivity contribution in [3.63, 3.8) is 0 Å². The second kappa shape index (κ2) is 7.13. The highest BCUT2D eigenvalue weighted by molar-refractivity contribution is 6.35. The predicted octanol–water partition coefficient (Wildman–Crippen LogP) is 3.42. The van der Waals surface area contributed by atoms with E-state index in [1.54, 1.807) is 0 Å². The number of nitrogens with two attached hydrogens (primary N) is 1. The van der Waals surface area contributed by atoms with Gasteiger partial charge >= 0.3 is 0 Å². The number of hydrogen-bond acceptors (Lipinski definition) is 5. The third-order valence-corrected chi connectivity index (χ3v) is 3.42. The second-order valence-corrected chi connectivity index (χ2v) is 5.09. The van der Waals surface area contributed by atoms with E-state index in [0.717, 1.165) is 29.9 Å². The zero-order valence-corrected chi connectivity index (χ0v) is 12.9. The molecule has 21 heavy (non-hydrogen) atoms. The van der Waals surface area contributed by atoms with Crippen LogP contribution in [0.4, 0.5) is 11.6 Å². The Morgan fingerprint density at radius 1 is 1.33 bits per heavy atom. The quantitative estimate of drug-likeness (QED) is 0.855. The van der Waals surface area contributed by atoms with E-state index in [4.69, 9.17) is 22.1 Å². The van der Waals surface area contributed by atoms with Gasteiger partial charge in [-0.05, 0) is 36.6 Å². The summed E-state index contributed by atoms with van der Waals surface area (Å²) in [7, 11) is 0. The van der Waals surface area contributed by atoms with Gasteiger partial charge in [0.1, 0.15) is 22.9 Å². The van der Waals surface area contributed by atoms with E-state index in [1.165, 1.54) is 6.33 Å². The van der Waals surface area contributed by atoms with E-state index in [1.807, 2.05) is 25.1 Å². The first-order valence-corrected chi connectivity index (χ1v) is 7.21. The molecule has 0 aliphatic carbocycles. The summed E-state index contributed by atoms with van der Waals surface area (Å²) in [6.07, 6.45) is 2.38. The van der Waals surface area contributed by atoms with Crippen molar-refractivity contribution in [3.05, 3.63) is 40.7 Å². The number of nitrogens with zero attached hydrogens (tertiary/aromatic N) is 2. The minimum atomic E-state index is 0.272. The van der Waals surface area contributed by atoms with Crippen molar-refractivity contribution in [2.24, 2.45) is 0 Å². The van der Waals surface area contributed by atoms with E-state index in [9.17, 15) is 0 Å². The van der Waals surface area contributed by atoms with E-state index < -0.39 is 0 Å². The van der Waals surface area contributed by atoms with Crippen LogP contribution in [0.2, 0.25) is 5.02 Å². The van der Waals surface area contributed by atoms with Gasteiger partial charge in [0.25, 0.3) is 0 Å². The first kappa shape index (κ1) is 15.4. The Kier molecular flexibility index (Phi) is 5.22. The van der Waals surface area contributed by atoms with Crippen LogP contribution >= 0.6 is 11.6 Å². The van der Waals surface area contributed by atoms with Crippen LogP contribution in [0.1, 0.15) is 24.5 Å². The van der Waals surface area contributed by atoms with E-state index in [-0.39, 0.29) is 5.82 Å². The summed E-state index contributed by atoms with van der Waals surface area (Å²) in [5.41, 5.74) is 7.94. The van der Waals surface area contributed by atoms with Crippen LogP contribution in [0.15, 0.2) is 24.5 Å². The van der Waals surface area contributed by atoms with Gasteiger partial charge < -0.3 is 15.8 Å². The fraction of sp³-hybridized carbons (Fsp3) is 0.333. The van der Waals surface area contributed by atoms with Crippen molar-refractivity contribution in [2.75, 3.05) is 17.7 Å². The molecule has 1 aromatic heterocycles. The molecule has 0 aliphatic rings. The number of nitrogens with one attached hydrogen (secondary N) is 1. The van der Waals surface area contributed by atoms with Gasteiger partial charge in [-0.2, -0.15) is 0 Å². The van der Waals surface area contributed by atoms with Gasteiger partial charge in [-0.25, -0.2) is 9.97 Å². The van der Waals surface area contributed by atoms with Crippen LogP contribution in [0.3, 0.4) is 0 Å². The summed E-state index contributed by atoms with van der Waals surface area (Å²) in [5.74, 6) is 1.70. The van der Waals surface area contributed by atoms with Crippen LogP contribution in [-0.2, 0) is 6.54 Å².